The number of unbranched alkanes of at least 4 members (excludes halogenated alkanes) is 1. The molecule has 0 aliphatic heterocycles. The standard InChI is InChI=1S/C11H19N.C8H18.C4H10.C3H8/c1-5-6-7-11(4)8-9-12-10(2)3;1-4-6-8(3)7-5-2;1-4(2)3;1-3-2/h8-9H,2,5-7H2,1,3-4H3;8H,4-7H2,1-3H3;4H,1-3H3;3H2,1-2H3/b11-8+,12-9?;;;. The molecule has 0 aromatic rings. The zero-order chi connectivity index (χ0) is 22.1. The molecule has 0 atom stereocenters. The maximum absolute atomic E-state index is 4.08. The maximum Gasteiger partial charge on any atom is 0.0300 e. The van der Waals surface area contributed by atoms with Crippen LogP contribution in [0.2, 0.25) is 0 Å². The molecular weight excluding hydrogens is 326 g/mol. The third kappa shape index (κ3) is 58.7. The minimum Gasteiger partial charge on any atom is -0.262 e. The van der Waals surface area contributed by atoms with Crippen molar-refractivity contribution in [3.8, 4) is 0 Å². The molecule has 0 fully saturated rings. The highest BCUT2D eigenvalue weighted by Gasteiger charge is 1.95. The molecule has 0 amide bonds. The second-order valence-electron chi connectivity index (χ2n) is 8.25. The zero-order valence-corrected chi connectivity index (χ0v) is 21.1. The first-order valence-electron chi connectivity index (χ1n) is 11.5. The Morgan fingerprint density at radius 3 is 1.56 bits per heavy atom. The van der Waals surface area contributed by atoms with Gasteiger partial charge in [0.1, 0.15) is 0 Å². The molecule has 0 radical (unpaired) electrons. The molecule has 1 heteroatoms. The number of nitrogens with zero attached hydrogens (tertiary/aromatic N) is 1. The summed E-state index contributed by atoms with van der Waals surface area (Å²) in [6.45, 7) is 27.5. The van der Waals surface area contributed by atoms with Crippen LogP contribution in [0, 0.1) is 11.8 Å². The number of hydrogen-bond acceptors (Lipinski definition) is 1. The van der Waals surface area contributed by atoms with Crippen molar-refractivity contribution in [1.82, 2.24) is 0 Å². The molecule has 0 bridgehead atoms. The van der Waals surface area contributed by atoms with Crippen LogP contribution in [-0.2, 0) is 0 Å². The molecule has 164 valence electrons. The number of allylic oxidation sites excluding steroid dienone is 3. The van der Waals surface area contributed by atoms with E-state index >= 15 is 0 Å². The molecular formula is C26H55N. The molecule has 0 saturated heterocycles. The van der Waals surface area contributed by atoms with Gasteiger partial charge in [-0.05, 0) is 44.6 Å². The van der Waals surface area contributed by atoms with E-state index in [1.807, 2.05) is 13.1 Å². The lowest BCUT2D eigenvalue weighted by Crippen LogP contribution is -1.91. The second-order valence-corrected chi connectivity index (χ2v) is 8.25. The summed E-state index contributed by atoms with van der Waals surface area (Å²) in [6, 6.07) is 0. The Hall–Kier alpha value is -0.850. The molecule has 0 heterocycles. The average molecular weight is 382 g/mol. The van der Waals surface area contributed by atoms with Gasteiger partial charge in [-0.1, -0.05) is 113 Å². The summed E-state index contributed by atoms with van der Waals surface area (Å²) >= 11 is 0. The van der Waals surface area contributed by atoms with Gasteiger partial charge in [0.05, 0.1) is 0 Å². The average Bonchev–Trinajstić information content (AvgIpc) is 2.54. The van der Waals surface area contributed by atoms with Crippen molar-refractivity contribution in [1.29, 1.82) is 0 Å². The second kappa shape index (κ2) is 29.9. The zero-order valence-electron chi connectivity index (χ0n) is 21.1. The number of hydrogen-bond donors (Lipinski definition) is 0. The number of rotatable bonds is 9. The van der Waals surface area contributed by atoms with Gasteiger partial charge in [-0.15, -0.1) is 0 Å². The van der Waals surface area contributed by atoms with Crippen LogP contribution in [0.4, 0.5) is 0 Å². The minimum absolute atomic E-state index is 0.833. The Morgan fingerprint density at radius 2 is 1.26 bits per heavy atom. The first-order valence-corrected chi connectivity index (χ1v) is 11.5. The summed E-state index contributed by atoms with van der Waals surface area (Å²) in [6.07, 6.45) is 14.4. The largest absolute Gasteiger partial charge is 0.262 e. The van der Waals surface area contributed by atoms with Crippen molar-refractivity contribution in [3.05, 3.63) is 23.9 Å². The van der Waals surface area contributed by atoms with E-state index in [1.165, 1.54) is 56.9 Å². The van der Waals surface area contributed by atoms with Gasteiger partial charge in [0, 0.05) is 11.9 Å². The van der Waals surface area contributed by atoms with Crippen molar-refractivity contribution >= 4 is 6.21 Å². The van der Waals surface area contributed by atoms with Gasteiger partial charge in [-0.3, -0.25) is 4.99 Å². The smallest absolute Gasteiger partial charge is 0.0300 e. The van der Waals surface area contributed by atoms with Crippen molar-refractivity contribution in [2.45, 2.75) is 128 Å². The van der Waals surface area contributed by atoms with Crippen LogP contribution in [0.25, 0.3) is 0 Å². The highest BCUT2D eigenvalue weighted by Crippen LogP contribution is 2.10. The summed E-state index contributed by atoms with van der Waals surface area (Å²) in [5, 5.41) is 0. The lowest BCUT2D eigenvalue weighted by molar-refractivity contribution is 0.480. The number of aliphatic imine (C=N–C) groups is 1. The van der Waals surface area contributed by atoms with Gasteiger partial charge in [-0.25, -0.2) is 0 Å². The molecule has 0 saturated carbocycles. The quantitative estimate of drug-likeness (QED) is 0.352. The van der Waals surface area contributed by atoms with E-state index in [9.17, 15) is 0 Å². The maximum atomic E-state index is 4.08. The SMILES string of the molecule is C=C(C)N=C/C=C(\C)CCCC.CC(C)C.CCC.CCCC(C)CCC. The van der Waals surface area contributed by atoms with Crippen LogP contribution < -0.4 is 0 Å². The van der Waals surface area contributed by atoms with E-state index in [1.54, 1.807) is 0 Å². The molecule has 0 spiro atoms. The van der Waals surface area contributed by atoms with E-state index in [4.69, 9.17) is 0 Å². The molecule has 0 unspecified atom stereocenters. The summed E-state index contributed by atoms with van der Waals surface area (Å²) in [5.41, 5.74) is 2.25. The molecule has 0 aliphatic rings. The Labute approximate surface area is 174 Å². The van der Waals surface area contributed by atoms with E-state index in [0.29, 0.717) is 0 Å². The first-order chi connectivity index (χ1) is 12.6. The van der Waals surface area contributed by atoms with Crippen molar-refractivity contribution < 1.29 is 0 Å². The molecule has 0 N–H and O–H groups in total. The van der Waals surface area contributed by atoms with Crippen LogP contribution in [0.3, 0.4) is 0 Å². The van der Waals surface area contributed by atoms with Crippen LogP contribution in [0.5, 0.6) is 0 Å². The first kappa shape index (κ1) is 33.7. The normalized spacial score (nSPS) is 10.6. The van der Waals surface area contributed by atoms with Crippen LogP contribution >= 0.6 is 0 Å². The van der Waals surface area contributed by atoms with Gasteiger partial charge in [0.25, 0.3) is 0 Å². The predicted molar refractivity (Wildman–Crippen MR) is 132 cm³/mol. The van der Waals surface area contributed by atoms with Crippen LogP contribution in [0.1, 0.15) is 128 Å². The van der Waals surface area contributed by atoms with E-state index in [-0.39, 0.29) is 0 Å². The van der Waals surface area contributed by atoms with Gasteiger partial charge < -0.3 is 0 Å². The molecule has 0 rings (SSSR count). The van der Waals surface area contributed by atoms with Gasteiger partial charge in [0.15, 0.2) is 0 Å². The lowest BCUT2D eigenvalue weighted by atomic mass is 10.0. The minimum atomic E-state index is 0.833. The fraction of sp³-hybridized carbons (Fsp3) is 0.808. The van der Waals surface area contributed by atoms with E-state index in [0.717, 1.165) is 17.5 Å². The Kier molecular flexibility index (Phi) is 37.3. The lowest BCUT2D eigenvalue weighted by Gasteiger charge is -2.05. The third-order valence-corrected chi connectivity index (χ3v) is 3.14. The van der Waals surface area contributed by atoms with Crippen LogP contribution in [-0.4, -0.2) is 6.21 Å². The van der Waals surface area contributed by atoms with Gasteiger partial charge in [0.2, 0.25) is 0 Å². The van der Waals surface area contributed by atoms with Crippen molar-refractivity contribution in [2.75, 3.05) is 0 Å². The van der Waals surface area contributed by atoms with Gasteiger partial charge >= 0.3 is 0 Å². The monoisotopic (exact) mass is 381 g/mol. The highest BCUT2D eigenvalue weighted by atomic mass is 14.7. The van der Waals surface area contributed by atoms with E-state index in [2.05, 4.69) is 86.9 Å². The predicted octanol–water partition coefficient (Wildman–Crippen LogP) is 10.0. The van der Waals surface area contributed by atoms with Crippen molar-refractivity contribution in [2.24, 2.45) is 16.8 Å². The molecule has 1 nitrogen and oxygen atoms in total. The van der Waals surface area contributed by atoms with Crippen molar-refractivity contribution in [3.63, 3.8) is 0 Å². The fourth-order valence-corrected chi connectivity index (χ4v) is 1.96. The van der Waals surface area contributed by atoms with Gasteiger partial charge in [-0.2, -0.15) is 0 Å². The summed E-state index contributed by atoms with van der Waals surface area (Å²) in [5.74, 6) is 1.80. The van der Waals surface area contributed by atoms with E-state index < -0.39 is 0 Å². The Bertz CT molecular complexity index is 314. The molecule has 0 aromatic carbocycles. The molecule has 0 aliphatic carbocycles. The Balaban J connectivity index is -0.000000151. The Morgan fingerprint density at radius 1 is 0.852 bits per heavy atom. The molecule has 27 heavy (non-hydrogen) atoms. The summed E-state index contributed by atoms with van der Waals surface area (Å²) < 4.78 is 0. The third-order valence-electron chi connectivity index (χ3n) is 3.14. The highest BCUT2D eigenvalue weighted by molar-refractivity contribution is 5.72. The summed E-state index contributed by atoms with van der Waals surface area (Å²) in [4.78, 5) is 4.08. The molecule has 0 aromatic heterocycles. The summed E-state index contributed by atoms with van der Waals surface area (Å²) in [7, 11) is 0. The topological polar surface area (TPSA) is 12.4 Å². The fourth-order valence-electron chi connectivity index (χ4n) is 1.96. The van der Waals surface area contributed by atoms with Crippen LogP contribution in [0.15, 0.2) is 28.9 Å².